The van der Waals surface area contributed by atoms with Crippen LogP contribution in [0.3, 0.4) is 0 Å². The Bertz CT molecular complexity index is 321. The van der Waals surface area contributed by atoms with Crippen LogP contribution >= 0.6 is 22.9 Å². The van der Waals surface area contributed by atoms with Crippen molar-refractivity contribution in [1.29, 1.82) is 0 Å². The summed E-state index contributed by atoms with van der Waals surface area (Å²) in [6, 6.07) is 0. The molecule has 1 atom stereocenters. The summed E-state index contributed by atoms with van der Waals surface area (Å²) in [7, 11) is 0. The fourth-order valence-electron chi connectivity index (χ4n) is 0.855. The third kappa shape index (κ3) is 2.92. The molecule has 1 aromatic rings. The van der Waals surface area contributed by atoms with Crippen molar-refractivity contribution in [2.75, 3.05) is 0 Å². The molecule has 0 spiro atoms. The number of thiazole rings is 1. The van der Waals surface area contributed by atoms with E-state index in [2.05, 4.69) is 10.3 Å². The second-order valence-corrected chi connectivity index (χ2v) is 4.44. The number of nitrogens with one attached hydrogen (secondary N) is 1. The molecule has 0 fully saturated rings. The minimum Gasteiger partial charge on any atom is -0.346 e. The highest BCUT2D eigenvalue weighted by Gasteiger charge is 2.13. The van der Waals surface area contributed by atoms with Crippen LogP contribution in [0.4, 0.5) is 4.39 Å². The van der Waals surface area contributed by atoms with E-state index in [0.717, 1.165) is 15.6 Å². The summed E-state index contributed by atoms with van der Waals surface area (Å²) < 4.78 is 12.2. The Balaban J connectivity index is 2.50. The van der Waals surface area contributed by atoms with Gasteiger partial charge in [0.1, 0.15) is 5.01 Å². The Hall–Kier alpha value is -0.680. The number of hydrogen-bond donors (Lipinski definition) is 1. The van der Waals surface area contributed by atoms with Crippen LogP contribution in [0.25, 0.3) is 0 Å². The van der Waals surface area contributed by atoms with Gasteiger partial charge in [-0.2, -0.15) is 0 Å². The van der Waals surface area contributed by atoms with Crippen molar-refractivity contribution in [1.82, 2.24) is 10.3 Å². The molecule has 0 aliphatic heterocycles. The number of carbonyl (C=O) groups is 1. The second kappa shape index (κ2) is 4.70. The van der Waals surface area contributed by atoms with Crippen molar-refractivity contribution in [3.63, 3.8) is 0 Å². The molecule has 0 bridgehead atoms. The summed E-state index contributed by atoms with van der Waals surface area (Å²) >= 11 is 6.41. The Kier molecular flexibility index (Phi) is 3.83. The summed E-state index contributed by atoms with van der Waals surface area (Å²) in [5.41, 5.74) is -1.06. The van der Waals surface area contributed by atoms with Gasteiger partial charge in [0.25, 0.3) is 11.5 Å². The standard InChI is InChI=1S/C8H10ClFN2OS/c1-4-5(2)14-6(12-4)3-11-8(13)7(9)10/h7H,3H2,1-2H3,(H,11,13). The van der Waals surface area contributed by atoms with E-state index in [4.69, 9.17) is 11.6 Å². The highest BCUT2D eigenvalue weighted by atomic mass is 35.5. The Morgan fingerprint density at radius 1 is 1.71 bits per heavy atom. The number of aryl methyl sites for hydroxylation is 2. The van der Waals surface area contributed by atoms with Crippen LogP contribution in [-0.2, 0) is 11.3 Å². The highest BCUT2D eigenvalue weighted by Crippen LogP contribution is 2.16. The number of nitrogens with zero attached hydrogens (tertiary/aromatic N) is 1. The van der Waals surface area contributed by atoms with Crippen molar-refractivity contribution in [3.05, 3.63) is 15.6 Å². The molecule has 1 aromatic heterocycles. The molecule has 78 valence electrons. The lowest BCUT2D eigenvalue weighted by molar-refractivity contribution is -0.123. The van der Waals surface area contributed by atoms with Crippen LogP contribution in [0, 0.1) is 13.8 Å². The van der Waals surface area contributed by atoms with Crippen molar-refractivity contribution in [2.24, 2.45) is 0 Å². The zero-order valence-corrected chi connectivity index (χ0v) is 9.38. The lowest BCUT2D eigenvalue weighted by Crippen LogP contribution is -2.28. The summed E-state index contributed by atoms with van der Waals surface area (Å²) in [6.07, 6.45) is 0. The topological polar surface area (TPSA) is 42.0 Å². The second-order valence-electron chi connectivity index (χ2n) is 2.77. The first-order chi connectivity index (χ1) is 6.50. The summed E-state index contributed by atoms with van der Waals surface area (Å²) in [5, 5.41) is 3.10. The molecule has 14 heavy (non-hydrogen) atoms. The molecule has 1 N–H and O–H groups in total. The smallest absolute Gasteiger partial charge is 0.270 e. The third-order valence-corrected chi connectivity index (χ3v) is 2.96. The normalized spacial score (nSPS) is 12.6. The molecule has 0 radical (unpaired) electrons. The van der Waals surface area contributed by atoms with Crippen LogP contribution in [-0.4, -0.2) is 16.5 Å². The molecule has 3 nitrogen and oxygen atoms in total. The molecule has 0 saturated heterocycles. The lowest BCUT2D eigenvalue weighted by atomic mass is 10.4. The summed E-state index contributed by atoms with van der Waals surface area (Å²) in [5.74, 6) is -0.822. The largest absolute Gasteiger partial charge is 0.346 e. The first-order valence-corrected chi connectivity index (χ1v) is 5.24. The van der Waals surface area contributed by atoms with Gasteiger partial charge in [-0.1, -0.05) is 11.6 Å². The number of halogens is 2. The molecule has 0 aliphatic rings. The maximum absolute atomic E-state index is 12.2. The Morgan fingerprint density at radius 2 is 2.36 bits per heavy atom. The first kappa shape index (κ1) is 11.4. The molecule has 1 amide bonds. The molecular weight excluding hydrogens is 227 g/mol. The predicted molar refractivity (Wildman–Crippen MR) is 54.2 cm³/mol. The molecule has 0 aromatic carbocycles. The van der Waals surface area contributed by atoms with Gasteiger partial charge in [0.05, 0.1) is 12.2 Å². The average molecular weight is 237 g/mol. The average Bonchev–Trinajstić information content (AvgIpc) is 2.42. The third-order valence-electron chi connectivity index (χ3n) is 1.68. The molecule has 0 aliphatic carbocycles. The molecule has 1 unspecified atom stereocenters. The molecular formula is C8H10ClFN2OS. The van der Waals surface area contributed by atoms with E-state index >= 15 is 0 Å². The van der Waals surface area contributed by atoms with E-state index in [-0.39, 0.29) is 6.54 Å². The maximum Gasteiger partial charge on any atom is 0.270 e. The van der Waals surface area contributed by atoms with Gasteiger partial charge in [-0.25, -0.2) is 9.37 Å². The zero-order valence-electron chi connectivity index (χ0n) is 7.80. The van der Waals surface area contributed by atoms with Gasteiger partial charge in [0.15, 0.2) is 0 Å². The minimum absolute atomic E-state index is 0.228. The van der Waals surface area contributed by atoms with Crippen molar-refractivity contribution in [2.45, 2.75) is 26.0 Å². The van der Waals surface area contributed by atoms with E-state index < -0.39 is 11.5 Å². The number of hydrogen-bond acceptors (Lipinski definition) is 3. The monoisotopic (exact) mass is 236 g/mol. The Morgan fingerprint density at radius 3 is 2.79 bits per heavy atom. The van der Waals surface area contributed by atoms with Crippen molar-refractivity contribution in [3.8, 4) is 0 Å². The summed E-state index contributed by atoms with van der Waals surface area (Å²) in [6.45, 7) is 4.06. The predicted octanol–water partition coefficient (Wildman–Crippen LogP) is 1.91. The van der Waals surface area contributed by atoms with E-state index in [1.54, 1.807) is 0 Å². The number of rotatable bonds is 3. The van der Waals surface area contributed by atoms with Crippen LogP contribution in [0.2, 0.25) is 0 Å². The number of alkyl halides is 2. The minimum atomic E-state index is -1.99. The lowest BCUT2D eigenvalue weighted by Gasteiger charge is -2.01. The maximum atomic E-state index is 12.2. The quantitative estimate of drug-likeness (QED) is 0.815. The fourth-order valence-corrected chi connectivity index (χ4v) is 1.81. The number of aromatic nitrogens is 1. The molecule has 1 rings (SSSR count). The van der Waals surface area contributed by atoms with Gasteiger partial charge < -0.3 is 5.32 Å². The van der Waals surface area contributed by atoms with E-state index in [0.29, 0.717) is 0 Å². The van der Waals surface area contributed by atoms with E-state index in [1.165, 1.54) is 11.3 Å². The zero-order chi connectivity index (χ0) is 10.7. The molecule has 6 heteroatoms. The fraction of sp³-hybridized carbons (Fsp3) is 0.500. The molecule has 1 heterocycles. The van der Waals surface area contributed by atoms with Crippen LogP contribution < -0.4 is 5.32 Å². The van der Waals surface area contributed by atoms with Gasteiger partial charge >= 0.3 is 0 Å². The SMILES string of the molecule is Cc1nc(CNC(=O)C(F)Cl)sc1C. The number of amides is 1. The number of carbonyl (C=O) groups excluding carboxylic acids is 1. The first-order valence-electron chi connectivity index (χ1n) is 3.99. The van der Waals surface area contributed by atoms with Gasteiger partial charge in [-0.3, -0.25) is 4.79 Å². The van der Waals surface area contributed by atoms with E-state index in [9.17, 15) is 9.18 Å². The van der Waals surface area contributed by atoms with Crippen LogP contribution in [0.15, 0.2) is 0 Å². The summed E-state index contributed by atoms with van der Waals surface area (Å²) in [4.78, 5) is 16.0. The van der Waals surface area contributed by atoms with Gasteiger partial charge in [-0.15, -0.1) is 11.3 Å². The van der Waals surface area contributed by atoms with Gasteiger partial charge in [-0.05, 0) is 13.8 Å². The van der Waals surface area contributed by atoms with Gasteiger partial charge in [0, 0.05) is 4.88 Å². The molecule has 0 saturated carbocycles. The van der Waals surface area contributed by atoms with Crippen molar-refractivity contribution < 1.29 is 9.18 Å². The van der Waals surface area contributed by atoms with Crippen LogP contribution in [0.5, 0.6) is 0 Å². The van der Waals surface area contributed by atoms with Gasteiger partial charge in [0.2, 0.25) is 0 Å². The van der Waals surface area contributed by atoms with Crippen molar-refractivity contribution >= 4 is 28.8 Å². The van der Waals surface area contributed by atoms with Crippen LogP contribution in [0.1, 0.15) is 15.6 Å². The van der Waals surface area contributed by atoms with E-state index in [1.807, 2.05) is 13.8 Å². The Labute approximate surface area is 90.3 Å². The highest BCUT2D eigenvalue weighted by molar-refractivity contribution is 7.11.